The summed E-state index contributed by atoms with van der Waals surface area (Å²) >= 11 is 0. The van der Waals surface area contributed by atoms with E-state index in [1.807, 2.05) is 33.0 Å². The van der Waals surface area contributed by atoms with Crippen LogP contribution in [0.5, 0.6) is 0 Å². The summed E-state index contributed by atoms with van der Waals surface area (Å²) in [6, 6.07) is 3.68. The Hall–Kier alpha value is -1.07. The van der Waals surface area contributed by atoms with Crippen LogP contribution < -0.4 is 0 Å². The Labute approximate surface area is 105 Å². The van der Waals surface area contributed by atoms with E-state index < -0.39 is 9.05 Å². The van der Waals surface area contributed by atoms with Crippen molar-refractivity contribution in [1.29, 1.82) is 0 Å². The van der Waals surface area contributed by atoms with Crippen molar-refractivity contribution in [2.24, 2.45) is 0 Å². The van der Waals surface area contributed by atoms with Crippen LogP contribution in [0.4, 0.5) is 0 Å². The molecule has 0 spiro atoms. The van der Waals surface area contributed by atoms with Crippen molar-refractivity contribution in [3.8, 4) is 0 Å². The van der Waals surface area contributed by atoms with Gasteiger partial charge < -0.3 is 4.40 Å². The summed E-state index contributed by atoms with van der Waals surface area (Å²) in [6.07, 6.45) is 1.82. The monoisotopic (exact) mass is 272 g/mol. The number of aryl methyl sites for hydroxylation is 1. The fourth-order valence-electron chi connectivity index (χ4n) is 1.77. The van der Waals surface area contributed by atoms with Gasteiger partial charge in [-0.2, -0.15) is 0 Å². The average molecular weight is 273 g/mol. The average Bonchev–Trinajstić information content (AvgIpc) is 2.55. The number of nitrogens with zero attached hydrogens (tertiary/aromatic N) is 2. The van der Waals surface area contributed by atoms with Gasteiger partial charge in [-0.25, -0.2) is 13.4 Å². The fraction of sp³-hybridized carbons (Fsp3) is 0.364. The van der Waals surface area contributed by atoms with Gasteiger partial charge in [0.1, 0.15) is 5.82 Å². The number of hydrogen-bond acceptors (Lipinski definition) is 3. The summed E-state index contributed by atoms with van der Waals surface area (Å²) in [6.45, 7) is 5.81. The summed E-state index contributed by atoms with van der Waals surface area (Å²) in [4.78, 5) is 4.14. The lowest BCUT2D eigenvalue weighted by Gasteiger charge is -2.03. The van der Waals surface area contributed by atoms with Crippen molar-refractivity contribution in [2.75, 3.05) is 0 Å². The molecule has 2 rings (SSSR count). The third-order valence-electron chi connectivity index (χ3n) is 2.54. The second kappa shape index (κ2) is 3.99. The van der Waals surface area contributed by atoms with E-state index in [0.29, 0.717) is 11.3 Å². The second-order valence-corrected chi connectivity index (χ2v) is 6.81. The molecule has 2 heterocycles. The number of hydrogen-bond donors (Lipinski definition) is 0. The van der Waals surface area contributed by atoms with Crippen LogP contribution in [0.15, 0.2) is 23.4 Å². The van der Waals surface area contributed by atoms with Gasteiger partial charge >= 0.3 is 0 Å². The molecule has 0 aliphatic carbocycles. The normalized spacial score (nSPS) is 12.5. The Morgan fingerprint density at radius 1 is 1.41 bits per heavy atom. The van der Waals surface area contributed by atoms with Crippen LogP contribution in [0.1, 0.15) is 31.2 Å². The molecule has 0 saturated heterocycles. The summed E-state index contributed by atoms with van der Waals surface area (Å²) in [5.41, 5.74) is 1.50. The largest absolute Gasteiger partial charge is 0.302 e. The standard InChI is InChI=1S/C11H13ClN2O2S/c1-7(2)10-13-11(17(12,15)16)9-6-8(3)4-5-14(9)10/h4-7H,1-3H3. The Morgan fingerprint density at radius 3 is 2.59 bits per heavy atom. The van der Waals surface area contributed by atoms with Crippen molar-refractivity contribution in [2.45, 2.75) is 31.7 Å². The lowest BCUT2D eigenvalue weighted by Crippen LogP contribution is -1.96. The topological polar surface area (TPSA) is 51.4 Å². The highest BCUT2D eigenvalue weighted by atomic mass is 35.7. The van der Waals surface area contributed by atoms with Crippen LogP contribution in [-0.2, 0) is 9.05 Å². The Balaban J connectivity index is 2.90. The molecule has 0 N–H and O–H groups in total. The van der Waals surface area contributed by atoms with Crippen LogP contribution in [0, 0.1) is 6.92 Å². The first-order chi connectivity index (χ1) is 7.80. The summed E-state index contributed by atoms with van der Waals surface area (Å²) in [5.74, 6) is 0.816. The van der Waals surface area contributed by atoms with Gasteiger partial charge in [0, 0.05) is 22.8 Å². The van der Waals surface area contributed by atoms with Gasteiger partial charge in [0.25, 0.3) is 9.05 Å². The molecule has 4 nitrogen and oxygen atoms in total. The van der Waals surface area contributed by atoms with Crippen LogP contribution in [0.3, 0.4) is 0 Å². The lowest BCUT2D eigenvalue weighted by atomic mass is 10.2. The maximum atomic E-state index is 11.5. The smallest absolute Gasteiger partial charge is 0.280 e. The van der Waals surface area contributed by atoms with Crippen LogP contribution in [0.25, 0.3) is 5.52 Å². The molecule has 2 aromatic heterocycles. The highest BCUT2D eigenvalue weighted by molar-refractivity contribution is 8.13. The van der Waals surface area contributed by atoms with Crippen LogP contribution >= 0.6 is 10.7 Å². The van der Waals surface area contributed by atoms with E-state index in [2.05, 4.69) is 4.98 Å². The van der Waals surface area contributed by atoms with E-state index in [1.165, 1.54) is 0 Å². The van der Waals surface area contributed by atoms with E-state index >= 15 is 0 Å². The van der Waals surface area contributed by atoms with Gasteiger partial charge in [0.15, 0.2) is 5.03 Å². The molecule has 0 aliphatic rings. The number of halogens is 1. The van der Waals surface area contributed by atoms with Crippen LogP contribution in [-0.4, -0.2) is 17.8 Å². The zero-order valence-electron chi connectivity index (χ0n) is 9.81. The van der Waals surface area contributed by atoms with Gasteiger partial charge in [-0.05, 0) is 24.6 Å². The van der Waals surface area contributed by atoms with Crippen LogP contribution in [0.2, 0.25) is 0 Å². The molecule has 0 unspecified atom stereocenters. The van der Waals surface area contributed by atoms with E-state index in [1.54, 1.807) is 10.5 Å². The summed E-state index contributed by atoms with van der Waals surface area (Å²) in [7, 11) is 1.59. The minimum absolute atomic E-state index is 0.0634. The van der Waals surface area contributed by atoms with Gasteiger partial charge in [0.05, 0.1) is 5.52 Å². The number of imidazole rings is 1. The molecular formula is C11H13ClN2O2S. The molecule has 0 aliphatic heterocycles. The van der Waals surface area contributed by atoms with E-state index in [0.717, 1.165) is 5.56 Å². The molecule has 2 aromatic rings. The van der Waals surface area contributed by atoms with Crippen molar-refractivity contribution in [3.63, 3.8) is 0 Å². The third kappa shape index (κ3) is 2.17. The zero-order valence-corrected chi connectivity index (χ0v) is 11.4. The van der Waals surface area contributed by atoms with Crippen molar-refractivity contribution in [1.82, 2.24) is 9.38 Å². The maximum absolute atomic E-state index is 11.5. The molecule has 0 atom stereocenters. The first-order valence-electron chi connectivity index (χ1n) is 5.24. The van der Waals surface area contributed by atoms with Gasteiger partial charge in [-0.15, -0.1) is 0 Å². The van der Waals surface area contributed by atoms with Crippen molar-refractivity contribution in [3.05, 3.63) is 29.7 Å². The molecule has 0 bridgehead atoms. The summed E-state index contributed by atoms with van der Waals surface area (Å²) < 4.78 is 24.7. The molecular weight excluding hydrogens is 260 g/mol. The minimum Gasteiger partial charge on any atom is -0.302 e. The molecule has 0 aromatic carbocycles. The quantitative estimate of drug-likeness (QED) is 0.790. The predicted molar refractivity (Wildman–Crippen MR) is 67.1 cm³/mol. The van der Waals surface area contributed by atoms with E-state index in [9.17, 15) is 8.42 Å². The van der Waals surface area contributed by atoms with E-state index in [-0.39, 0.29) is 10.9 Å². The molecule has 0 saturated carbocycles. The number of rotatable bonds is 2. The second-order valence-electron chi connectivity index (χ2n) is 4.33. The molecule has 0 radical (unpaired) electrons. The Morgan fingerprint density at radius 2 is 2.06 bits per heavy atom. The minimum atomic E-state index is -3.82. The SMILES string of the molecule is Cc1ccn2c(C(C)C)nc(S(=O)(=O)Cl)c2c1. The lowest BCUT2D eigenvalue weighted by molar-refractivity contribution is 0.607. The molecule has 6 heteroatoms. The predicted octanol–water partition coefficient (Wildman–Crippen LogP) is 2.69. The molecule has 17 heavy (non-hydrogen) atoms. The maximum Gasteiger partial charge on any atom is 0.280 e. The first-order valence-corrected chi connectivity index (χ1v) is 7.55. The first kappa shape index (κ1) is 12.4. The van der Waals surface area contributed by atoms with Gasteiger partial charge in [-0.3, -0.25) is 0 Å². The molecule has 0 fully saturated rings. The van der Waals surface area contributed by atoms with Crippen molar-refractivity contribution < 1.29 is 8.42 Å². The highest BCUT2D eigenvalue weighted by Gasteiger charge is 2.22. The van der Waals surface area contributed by atoms with E-state index in [4.69, 9.17) is 10.7 Å². The van der Waals surface area contributed by atoms with Gasteiger partial charge in [-0.1, -0.05) is 13.8 Å². The number of pyridine rings is 1. The highest BCUT2D eigenvalue weighted by Crippen LogP contribution is 2.25. The Bertz CT molecular complexity index is 674. The molecule has 0 amide bonds. The number of aromatic nitrogens is 2. The molecule has 92 valence electrons. The van der Waals surface area contributed by atoms with Crippen molar-refractivity contribution >= 4 is 25.2 Å². The van der Waals surface area contributed by atoms with Gasteiger partial charge in [0.2, 0.25) is 0 Å². The zero-order chi connectivity index (χ0) is 12.8. The summed E-state index contributed by atoms with van der Waals surface area (Å²) in [5, 5.41) is -0.0634. The number of fused-ring (bicyclic) bond motifs is 1. The fourth-order valence-corrected chi connectivity index (χ4v) is 2.72. The Kier molecular flexibility index (Phi) is 2.91. The third-order valence-corrected chi connectivity index (χ3v) is 3.74.